The Morgan fingerprint density at radius 3 is 2.94 bits per heavy atom. The van der Waals surface area contributed by atoms with E-state index >= 15 is 0 Å². The van der Waals surface area contributed by atoms with Gasteiger partial charge in [-0.2, -0.15) is 5.26 Å². The lowest BCUT2D eigenvalue weighted by Gasteiger charge is -2.08. The molecule has 3 nitrogen and oxygen atoms in total. The van der Waals surface area contributed by atoms with E-state index in [4.69, 9.17) is 5.26 Å². The molecular formula is C14H13N3. The maximum Gasteiger partial charge on any atom is 0.101 e. The fourth-order valence-corrected chi connectivity index (χ4v) is 1.60. The quantitative estimate of drug-likeness (QED) is 0.870. The van der Waals surface area contributed by atoms with Crippen molar-refractivity contribution in [2.75, 3.05) is 5.32 Å². The first-order chi connectivity index (χ1) is 8.29. The van der Waals surface area contributed by atoms with Gasteiger partial charge in [-0.3, -0.25) is 4.98 Å². The first-order valence-electron chi connectivity index (χ1n) is 5.43. The Labute approximate surface area is 101 Å². The minimum absolute atomic E-state index is 0.666. The summed E-state index contributed by atoms with van der Waals surface area (Å²) in [5.74, 6) is 0. The van der Waals surface area contributed by atoms with Crippen LogP contribution >= 0.6 is 0 Å². The molecule has 2 aromatic rings. The molecule has 0 amide bonds. The predicted molar refractivity (Wildman–Crippen MR) is 67.5 cm³/mol. The molecular weight excluding hydrogens is 210 g/mol. The van der Waals surface area contributed by atoms with Crippen LogP contribution in [-0.2, 0) is 6.54 Å². The number of pyridine rings is 1. The first-order valence-corrected chi connectivity index (χ1v) is 5.43. The van der Waals surface area contributed by atoms with E-state index in [2.05, 4.69) is 16.4 Å². The molecule has 0 fully saturated rings. The molecule has 0 radical (unpaired) electrons. The minimum atomic E-state index is 0.666. The van der Waals surface area contributed by atoms with Crippen LogP contribution in [0.2, 0.25) is 0 Å². The van der Waals surface area contributed by atoms with Gasteiger partial charge in [-0.1, -0.05) is 12.1 Å². The van der Waals surface area contributed by atoms with Crippen molar-refractivity contribution in [1.82, 2.24) is 4.98 Å². The molecule has 1 N–H and O–H groups in total. The Morgan fingerprint density at radius 1 is 1.35 bits per heavy atom. The number of aryl methyl sites for hydroxylation is 1. The van der Waals surface area contributed by atoms with Gasteiger partial charge >= 0.3 is 0 Å². The van der Waals surface area contributed by atoms with Gasteiger partial charge in [0.05, 0.1) is 11.3 Å². The molecule has 0 saturated carbocycles. The van der Waals surface area contributed by atoms with Crippen LogP contribution in [0, 0.1) is 18.3 Å². The second-order valence-corrected chi connectivity index (χ2v) is 3.88. The molecule has 2 rings (SSSR count). The molecule has 0 unspecified atom stereocenters. The van der Waals surface area contributed by atoms with Crippen LogP contribution in [0.15, 0.2) is 42.7 Å². The molecule has 1 aromatic heterocycles. The van der Waals surface area contributed by atoms with Crippen LogP contribution in [-0.4, -0.2) is 4.98 Å². The molecule has 0 aliphatic heterocycles. The van der Waals surface area contributed by atoms with Crippen molar-refractivity contribution < 1.29 is 0 Å². The summed E-state index contributed by atoms with van der Waals surface area (Å²) in [6, 6.07) is 11.8. The standard InChI is InChI=1S/C14H13N3/c1-11-4-5-13(8-15)14(7-11)17-10-12-3-2-6-16-9-12/h2-7,9,17H,10H2,1H3. The largest absolute Gasteiger partial charge is 0.380 e. The molecule has 0 aliphatic carbocycles. The molecule has 0 atom stereocenters. The molecule has 0 aliphatic rings. The highest BCUT2D eigenvalue weighted by atomic mass is 14.9. The van der Waals surface area contributed by atoms with Crippen molar-refractivity contribution >= 4 is 5.69 Å². The number of rotatable bonds is 3. The van der Waals surface area contributed by atoms with Crippen molar-refractivity contribution in [2.24, 2.45) is 0 Å². The molecule has 3 heteroatoms. The van der Waals surface area contributed by atoms with Gasteiger partial charge in [0.1, 0.15) is 6.07 Å². The van der Waals surface area contributed by atoms with Crippen molar-refractivity contribution in [1.29, 1.82) is 5.26 Å². The highest BCUT2D eigenvalue weighted by Crippen LogP contribution is 2.17. The Bertz CT molecular complexity index is 541. The Kier molecular flexibility index (Phi) is 3.37. The van der Waals surface area contributed by atoms with E-state index < -0.39 is 0 Å². The molecule has 0 bridgehead atoms. The second kappa shape index (κ2) is 5.13. The predicted octanol–water partition coefficient (Wildman–Crippen LogP) is 2.87. The van der Waals surface area contributed by atoms with E-state index in [1.807, 2.05) is 43.5 Å². The molecule has 84 valence electrons. The smallest absolute Gasteiger partial charge is 0.101 e. The third kappa shape index (κ3) is 2.82. The Hall–Kier alpha value is -2.34. The average molecular weight is 223 g/mol. The van der Waals surface area contributed by atoms with Crippen LogP contribution in [0.1, 0.15) is 16.7 Å². The number of hydrogen-bond donors (Lipinski definition) is 1. The van der Waals surface area contributed by atoms with Gasteiger partial charge in [0.2, 0.25) is 0 Å². The summed E-state index contributed by atoms with van der Waals surface area (Å²) in [6.45, 7) is 2.68. The third-order valence-corrected chi connectivity index (χ3v) is 2.50. The van der Waals surface area contributed by atoms with E-state index in [-0.39, 0.29) is 0 Å². The van der Waals surface area contributed by atoms with Gasteiger partial charge in [0.25, 0.3) is 0 Å². The van der Waals surface area contributed by atoms with E-state index in [1.165, 1.54) is 0 Å². The van der Waals surface area contributed by atoms with E-state index in [1.54, 1.807) is 6.20 Å². The maximum atomic E-state index is 9.00. The molecule has 0 spiro atoms. The van der Waals surface area contributed by atoms with Crippen LogP contribution in [0.3, 0.4) is 0 Å². The first kappa shape index (κ1) is 11.2. The fraction of sp³-hybridized carbons (Fsp3) is 0.143. The lowest BCUT2D eigenvalue weighted by molar-refractivity contribution is 1.11. The molecule has 17 heavy (non-hydrogen) atoms. The average Bonchev–Trinajstić information content (AvgIpc) is 2.38. The molecule has 0 saturated heterocycles. The number of benzene rings is 1. The van der Waals surface area contributed by atoms with Crippen LogP contribution in [0.4, 0.5) is 5.69 Å². The summed E-state index contributed by atoms with van der Waals surface area (Å²) in [5.41, 5.74) is 3.77. The fourth-order valence-electron chi connectivity index (χ4n) is 1.60. The SMILES string of the molecule is Cc1ccc(C#N)c(NCc2cccnc2)c1. The Morgan fingerprint density at radius 2 is 2.24 bits per heavy atom. The maximum absolute atomic E-state index is 9.00. The van der Waals surface area contributed by atoms with Crippen LogP contribution in [0.25, 0.3) is 0 Å². The zero-order valence-corrected chi connectivity index (χ0v) is 9.64. The van der Waals surface area contributed by atoms with Crippen molar-refractivity contribution in [3.8, 4) is 6.07 Å². The van der Waals surface area contributed by atoms with Gasteiger partial charge in [-0.15, -0.1) is 0 Å². The summed E-state index contributed by atoms with van der Waals surface area (Å²) in [7, 11) is 0. The summed E-state index contributed by atoms with van der Waals surface area (Å²) < 4.78 is 0. The van der Waals surface area contributed by atoms with Gasteiger partial charge in [0, 0.05) is 18.9 Å². The normalized spacial score (nSPS) is 9.65. The number of nitriles is 1. The number of nitrogens with one attached hydrogen (secondary N) is 1. The molecule has 1 aromatic carbocycles. The van der Waals surface area contributed by atoms with E-state index in [0.717, 1.165) is 16.8 Å². The lowest BCUT2D eigenvalue weighted by atomic mass is 10.1. The van der Waals surface area contributed by atoms with Crippen LogP contribution in [0.5, 0.6) is 0 Å². The highest BCUT2D eigenvalue weighted by molar-refractivity contribution is 5.58. The summed E-state index contributed by atoms with van der Waals surface area (Å²) >= 11 is 0. The number of anilines is 1. The summed E-state index contributed by atoms with van der Waals surface area (Å²) in [5, 5.41) is 12.3. The third-order valence-electron chi connectivity index (χ3n) is 2.50. The highest BCUT2D eigenvalue weighted by Gasteiger charge is 2.01. The van der Waals surface area contributed by atoms with Gasteiger partial charge in [-0.05, 0) is 36.2 Å². The van der Waals surface area contributed by atoms with Crippen LogP contribution < -0.4 is 5.32 Å². The van der Waals surface area contributed by atoms with Gasteiger partial charge in [-0.25, -0.2) is 0 Å². The zero-order valence-electron chi connectivity index (χ0n) is 9.64. The minimum Gasteiger partial charge on any atom is -0.380 e. The second-order valence-electron chi connectivity index (χ2n) is 3.88. The van der Waals surface area contributed by atoms with Crippen molar-refractivity contribution in [2.45, 2.75) is 13.5 Å². The monoisotopic (exact) mass is 223 g/mol. The topological polar surface area (TPSA) is 48.7 Å². The molecule has 1 heterocycles. The Balaban J connectivity index is 2.14. The summed E-state index contributed by atoms with van der Waals surface area (Å²) in [6.07, 6.45) is 3.56. The lowest BCUT2D eigenvalue weighted by Crippen LogP contribution is -2.01. The van der Waals surface area contributed by atoms with Gasteiger partial charge in [0.15, 0.2) is 0 Å². The van der Waals surface area contributed by atoms with Crippen molar-refractivity contribution in [3.05, 3.63) is 59.4 Å². The van der Waals surface area contributed by atoms with E-state index in [9.17, 15) is 0 Å². The number of hydrogen-bond acceptors (Lipinski definition) is 3. The summed E-state index contributed by atoms with van der Waals surface area (Å²) in [4.78, 5) is 4.05. The van der Waals surface area contributed by atoms with E-state index in [0.29, 0.717) is 12.1 Å². The number of aromatic nitrogens is 1. The van der Waals surface area contributed by atoms with Gasteiger partial charge < -0.3 is 5.32 Å². The number of nitrogens with zero attached hydrogens (tertiary/aromatic N) is 2. The van der Waals surface area contributed by atoms with Crippen molar-refractivity contribution in [3.63, 3.8) is 0 Å². The zero-order chi connectivity index (χ0) is 12.1.